The summed E-state index contributed by atoms with van der Waals surface area (Å²) in [6.45, 7) is 9.04. The van der Waals surface area contributed by atoms with Crippen molar-refractivity contribution in [3.63, 3.8) is 0 Å². The van der Waals surface area contributed by atoms with Crippen LogP contribution in [0.2, 0.25) is 0 Å². The topological polar surface area (TPSA) is 0 Å². The van der Waals surface area contributed by atoms with Gasteiger partial charge in [-0.1, -0.05) is 27.7 Å². The van der Waals surface area contributed by atoms with Gasteiger partial charge in [-0.05, 0) is 23.5 Å². The molecule has 0 aromatic heterocycles. The first kappa shape index (κ1) is 9.35. The number of hydrogen-bond donors (Lipinski definition) is 1. The minimum atomic E-state index is 0.428. The fraction of sp³-hybridized carbons (Fsp3) is 1.00. The monoisotopic (exact) mass is 146 g/mol. The first-order valence-electron chi connectivity index (χ1n) is 3.59. The van der Waals surface area contributed by atoms with Crippen molar-refractivity contribution >= 4 is 12.6 Å². The second-order valence-electron chi connectivity index (χ2n) is 3.92. The third kappa shape index (κ3) is 4.83. The van der Waals surface area contributed by atoms with Crippen molar-refractivity contribution < 1.29 is 0 Å². The SMILES string of the molecule is CC(C)CC(C)(C)CS. The van der Waals surface area contributed by atoms with Gasteiger partial charge < -0.3 is 0 Å². The molecule has 0 saturated carbocycles. The van der Waals surface area contributed by atoms with E-state index in [1.165, 1.54) is 6.42 Å². The molecular weight excluding hydrogens is 128 g/mol. The van der Waals surface area contributed by atoms with Crippen molar-refractivity contribution in [1.82, 2.24) is 0 Å². The van der Waals surface area contributed by atoms with Gasteiger partial charge in [-0.3, -0.25) is 0 Å². The summed E-state index contributed by atoms with van der Waals surface area (Å²) in [6, 6.07) is 0. The van der Waals surface area contributed by atoms with E-state index in [4.69, 9.17) is 0 Å². The molecule has 0 aliphatic carbocycles. The molecule has 56 valence electrons. The largest absolute Gasteiger partial charge is 0.179 e. The van der Waals surface area contributed by atoms with Crippen LogP contribution in [-0.2, 0) is 0 Å². The summed E-state index contributed by atoms with van der Waals surface area (Å²) in [7, 11) is 0. The normalized spacial score (nSPS) is 12.7. The molecule has 0 saturated heterocycles. The predicted octanol–water partition coefficient (Wildman–Crippen LogP) is 2.99. The van der Waals surface area contributed by atoms with Gasteiger partial charge in [0.2, 0.25) is 0 Å². The summed E-state index contributed by atoms with van der Waals surface area (Å²) in [5.74, 6) is 1.79. The quantitative estimate of drug-likeness (QED) is 0.581. The Labute approximate surface area is 64.4 Å². The van der Waals surface area contributed by atoms with Crippen LogP contribution in [0, 0.1) is 11.3 Å². The summed E-state index contributed by atoms with van der Waals surface area (Å²) in [5, 5.41) is 0. The third-order valence-corrected chi connectivity index (χ3v) is 2.24. The fourth-order valence-corrected chi connectivity index (χ4v) is 1.30. The number of hydrogen-bond acceptors (Lipinski definition) is 1. The van der Waals surface area contributed by atoms with Gasteiger partial charge in [0.05, 0.1) is 0 Å². The lowest BCUT2D eigenvalue weighted by molar-refractivity contribution is 0.329. The molecule has 0 spiro atoms. The van der Waals surface area contributed by atoms with Gasteiger partial charge in [0.15, 0.2) is 0 Å². The minimum Gasteiger partial charge on any atom is -0.179 e. The smallest absolute Gasteiger partial charge is 0.00463 e. The highest BCUT2D eigenvalue weighted by molar-refractivity contribution is 7.80. The first-order chi connectivity index (χ1) is 3.98. The molecule has 0 amide bonds. The standard InChI is InChI=1S/C8H18S/c1-7(2)5-8(3,4)6-9/h7,9H,5-6H2,1-4H3. The number of rotatable bonds is 3. The molecule has 0 bridgehead atoms. The van der Waals surface area contributed by atoms with Gasteiger partial charge in [-0.25, -0.2) is 0 Å². The summed E-state index contributed by atoms with van der Waals surface area (Å²) >= 11 is 4.28. The molecule has 9 heavy (non-hydrogen) atoms. The molecule has 0 radical (unpaired) electrons. The van der Waals surface area contributed by atoms with Gasteiger partial charge in [0.25, 0.3) is 0 Å². The van der Waals surface area contributed by atoms with Crippen LogP contribution in [0.5, 0.6) is 0 Å². The van der Waals surface area contributed by atoms with E-state index in [0.717, 1.165) is 11.7 Å². The molecule has 1 heteroatoms. The van der Waals surface area contributed by atoms with Crippen LogP contribution in [0.15, 0.2) is 0 Å². The van der Waals surface area contributed by atoms with E-state index >= 15 is 0 Å². The van der Waals surface area contributed by atoms with Crippen molar-refractivity contribution in [3.05, 3.63) is 0 Å². The van der Waals surface area contributed by atoms with E-state index in [1.807, 2.05) is 0 Å². The molecule has 0 aromatic carbocycles. The van der Waals surface area contributed by atoms with Crippen LogP contribution in [0.3, 0.4) is 0 Å². The zero-order chi connectivity index (χ0) is 7.49. The Morgan fingerprint density at radius 2 is 1.78 bits per heavy atom. The van der Waals surface area contributed by atoms with Gasteiger partial charge >= 0.3 is 0 Å². The van der Waals surface area contributed by atoms with E-state index in [2.05, 4.69) is 40.3 Å². The zero-order valence-electron chi connectivity index (χ0n) is 6.94. The van der Waals surface area contributed by atoms with E-state index in [1.54, 1.807) is 0 Å². The van der Waals surface area contributed by atoms with Gasteiger partial charge in [0.1, 0.15) is 0 Å². The Morgan fingerprint density at radius 1 is 1.33 bits per heavy atom. The highest BCUT2D eigenvalue weighted by Crippen LogP contribution is 2.25. The summed E-state index contributed by atoms with van der Waals surface area (Å²) in [4.78, 5) is 0. The maximum Gasteiger partial charge on any atom is -0.00463 e. The first-order valence-corrected chi connectivity index (χ1v) is 4.22. The second kappa shape index (κ2) is 3.50. The van der Waals surface area contributed by atoms with E-state index in [0.29, 0.717) is 5.41 Å². The van der Waals surface area contributed by atoms with E-state index in [-0.39, 0.29) is 0 Å². The molecule has 0 nitrogen and oxygen atoms in total. The van der Waals surface area contributed by atoms with E-state index < -0.39 is 0 Å². The molecule has 0 N–H and O–H groups in total. The molecule has 0 fully saturated rings. The van der Waals surface area contributed by atoms with Crippen molar-refractivity contribution in [2.45, 2.75) is 34.1 Å². The number of thiol groups is 1. The van der Waals surface area contributed by atoms with Crippen LogP contribution in [-0.4, -0.2) is 5.75 Å². The Bertz CT molecular complexity index is 74.6. The highest BCUT2D eigenvalue weighted by atomic mass is 32.1. The average Bonchev–Trinajstić information content (AvgIpc) is 1.63. The predicted molar refractivity (Wildman–Crippen MR) is 47.1 cm³/mol. The molecule has 0 rings (SSSR count). The molecule has 0 aromatic rings. The Morgan fingerprint density at radius 3 is 1.89 bits per heavy atom. The molecule has 0 unspecified atom stereocenters. The van der Waals surface area contributed by atoms with Crippen LogP contribution >= 0.6 is 12.6 Å². The third-order valence-electron chi connectivity index (χ3n) is 1.39. The minimum absolute atomic E-state index is 0.428. The molecule has 0 aliphatic heterocycles. The van der Waals surface area contributed by atoms with Crippen LogP contribution in [0.25, 0.3) is 0 Å². The zero-order valence-corrected chi connectivity index (χ0v) is 7.83. The fourth-order valence-electron chi connectivity index (χ4n) is 1.17. The van der Waals surface area contributed by atoms with Crippen LogP contribution in [0.1, 0.15) is 34.1 Å². The lowest BCUT2D eigenvalue weighted by Gasteiger charge is -2.23. The van der Waals surface area contributed by atoms with Gasteiger partial charge in [-0.15, -0.1) is 0 Å². The Hall–Kier alpha value is 0.350. The van der Waals surface area contributed by atoms with Crippen molar-refractivity contribution in [1.29, 1.82) is 0 Å². The summed E-state index contributed by atoms with van der Waals surface area (Å²) < 4.78 is 0. The van der Waals surface area contributed by atoms with Crippen molar-refractivity contribution in [2.24, 2.45) is 11.3 Å². The van der Waals surface area contributed by atoms with Crippen LogP contribution < -0.4 is 0 Å². The summed E-state index contributed by atoms with van der Waals surface area (Å²) in [6.07, 6.45) is 1.27. The summed E-state index contributed by atoms with van der Waals surface area (Å²) in [5.41, 5.74) is 0.428. The van der Waals surface area contributed by atoms with Crippen LogP contribution in [0.4, 0.5) is 0 Å². The Balaban J connectivity index is 3.58. The van der Waals surface area contributed by atoms with Crippen molar-refractivity contribution in [3.8, 4) is 0 Å². The van der Waals surface area contributed by atoms with Crippen molar-refractivity contribution in [2.75, 3.05) is 5.75 Å². The van der Waals surface area contributed by atoms with Gasteiger partial charge in [0, 0.05) is 0 Å². The second-order valence-corrected chi connectivity index (χ2v) is 4.24. The molecular formula is C8H18S. The molecule has 0 atom stereocenters. The molecule has 0 heterocycles. The Kier molecular flexibility index (Phi) is 3.64. The molecule has 0 aliphatic rings. The lowest BCUT2D eigenvalue weighted by Crippen LogP contribution is -2.15. The highest BCUT2D eigenvalue weighted by Gasteiger charge is 2.16. The maximum atomic E-state index is 4.28. The van der Waals surface area contributed by atoms with Gasteiger partial charge in [-0.2, -0.15) is 12.6 Å². The average molecular weight is 146 g/mol. The van der Waals surface area contributed by atoms with E-state index in [9.17, 15) is 0 Å². The lowest BCUT2D eigenvalue weighted by atomic mass is 9.86. The maximum absolute atomic E-state index is 4.28.